The van der Waals surface area contributed by atoms with Crippen LogP contribution < -0.4 is 4.74 Å². The minimum Gasteiger partial charge on any atom is -0.487 e. The van der Waals surface area contributed by atoms with Crippen molar-refractivity contribution in [1.82, 2.24) is 15.0 Å². The van der Waals surface area contributed by atoms with Gasteiger partial charge in [0.05, 0.1) is 18.5 Å². The van der Waals surface area contributed by atoms with Crippen molar-refractivity contribution in [1.29, 1.82) is 0 Å². The second kappa shape index (κ2) is 9.09. The zero-order valence-corrected chi connectivity index (χ0v) is 21.8. The van der Waals surface area contributed by atoms with Gasteiger partial charge in [-0.2, -0.15) is 0 Å². The Bertz CT molecular complexity index is 1190. The van der Waals surface area contributed by atoms with E-state index in [0.29, 0.717) is 17.9 Å². The number of fused-ring (bicyclic) bond motifs is 3. The second-order valence-electron chi connectivity index (χ2n) is 11.8. The third-order valence-electron chi connectivity index (χ3n) is 8.72. The van der Waals surface area contributed by atoms with Gasteiger partial charge in [-0.05, 0) is 83.2 Å². The average molecular weight is 474 g/mol. The topological polar surface area (TPSA) is 60.2 Å². The molecule has 1 heterocycles. The molecule has 2 atom stereocenters. The van der Waals surface area contributed by atoms with Crippen LogP contribution in [0.2, 0.25) is 0 Å². The van der Waals surface area contributed by atoms with E-state index in [1.165, 1.54) is 36.8 Å². The molecule has 0 bridgehead atoms. The first-order valence-electron chi connectivity index (χ1n) is 13.1. The minimum absolute atomic E-state index is 0.0350. The Balaban J connectivity index is 1.40. The Morgan fingerprint density at radius 1 is 1.09 bits per heavy atom. The van der Waals surface area contributed by atoms with Crippen molar-refractivity contribution in [3.63, 3.8) is 0 Å². The first-order chi connectivity index (χ1) is 16.7. The summed E-state index contributed by atoms with van der Waals surface area (Å²) in [6.45, 7) is 12.5. The number of ether oxygens (including phenoxy) is 1. The molecule has 5 rings (SSSR count). The summed E-state index contributed by atoms with van der Waals surface area (Å²) in [5.41, 5.74) is 7.71. The Morgan fingerprint density at radius 3 is 2.57 bits per heavy atom. The monoisotopic (exact) mass is 473 g/mol. The zero-order chi connectivity index (χ0) is 24.8. The number of hydrogen-bond acceptors (Lipinski definition) is 4. The van der Waals surface area contributed by atoms with Crippen LogP contribution in [0.25, 0.3) is 5.69 Å². The summed E-state index contributed by atoms with van der Waals surface area (Å²) in [6, 6.07) is 12.2. The number of benzene rings is 2. The van der Waals surface area contributed by atoms with E-state index < -0.39 is 0 Å². The normalized spacial score (nSPS) is 23.1. The molecule has 2 aliphatic rings. The highest BCUT2D eigenvalue weighted by molar-refractivity contribution is 5.51. The summed E-state index contributed by atoms with van der Waals surface area (Å²) < 4.78 is 8.15. The van der Waals surface area contributed by atoms with Gasteiger partial charge in [-0.25, -0.2) is 4.68 Å². The van der Waals surface area contributed by atoms with Gasteiger partial charge in [0.2, 0.25) is 0 Å². The Hall–Kier alpha value is -2.66. The number of rotatable bonds is 6. The molecular formula is C30H39N3O2. The quantitative estimate of drug-likeness (QED) is 0.444. The van der Waals surface area contributed by atoms with Gasteiger partial charge in [0.25, 0.3) is 0 Å². The molecule has 1 fully saturated rings. The summed E-state index contributed by atoms with van der Waals surface area (Å²) >= 11 is 0. The van der Waals surface area contributed by atoms with E-state index in [0.717, 1.165) is 35.0 Å². The van der Waals surface area contributed by atoms with Crippen molar-refractivity contribution in [3.8, 4) is 11.4 Å². The van der Waals surface area contributed by atoms with Crippen LogP contribution in [0.15, 0.2) is 42.6 Å². The predicted molar refractivity (Wildman–Crippen MR) is 139 cm³/mol. The lowest BCUT2D eigenvalue weighted by atomic mass is 9.50. The van der Waals surface area contributed by atoms with Crippen molar-refractivity contribution in [3.05, 3.63) is 70.5 Å². The van der Waals surface area contributed by atoms with Gasteiger partial charge in [-0.15, -0.1) is 5.10 Å². The van der Waals surface area contributed by atoms with Crippen LogP contribution >= 0.6 is 0 Å². The van der Waals surface area contributed by atoms with Gasteiger partial charge in [-0.3, -0.25) is 0 Å². The highest BCUT2D eigenvalue weighted by atomic mass is 16.5. The zero-order valence-electron chi connectivity index (χ0n) is 21.8. The van der Waals surface area contributed by atoms with Crippen LogP contribution in [0.3, 0.4) is 0 Å². The highest BCUT2D eigenvalue weighted by Crippen LogP contribution is 2.58. The van der Waals surface area contributed by atoms with E-state index in [-0.39, 0.29) is 12.0 Å². The van der Waals surface area contributed by atoms with E-state index in [2.05, 4.69) is 57.1 Å². The van der Waals surface area contributed by atoms with Crippen LogP contribution in [0, 0.1) is 11.3 Å². The number of aliphatic hydroxyl groups excluding tert-OH is 1. The number of nitrogens with zero attached hydrogens (tertiary/aromatic N) is 3. The van der Waals surface area contributed by atoms with Crippen LogP contribution in [0.1, 0.15) is 94.2 Å². The molecular weight excluding hydrogens is 434 g/mol. The second-order valence-corrected chi connectivity index (χ2v) is 11.8. The molecule has 0 spiro atoms. The molecule has 0 saturated heterocycles. The van der Waals surface area contributed by atoms with E-state index >= 15 is 0 Å². The predicted octanol–water partition coefficient (Wildman–Crippen LogP) is 6.49. The van der Waals surface area contributed by atoms with Crippen molar-refractivity contribution in [2.24, 2.45) is 11.3 Å². The number of aliphatic hydroxyl groups is 1. The first kappa shape index (κ1) is 24.1. The fraction of sp³-hybridized carbons (Fsp3) is 0.533. The molecule has 0 radical (unpaired) electrons. The molecule has 35 heavy (non-hydrogen) atoms. The molecule has 186 valence electrons. The first-order valence-corrected chi connectivity index (χ1v) is 13.1. The largest absolute Gasteiger partial charge is 0.487 e. The Kier molecular flexibility index (Phi) is 6.25. The van der Waals surface area contributed by atoms with E-state index in [1.807, 2.05) is 30.5 Å². The molecule has 0 amide bonds. The number of aromatic nitrogens is 3. The molecule has 0 unspecified atom stereocenters. The fourth-order valence-electron chi connectivity index (χ4n) is 7.05. The number of hydrogen-bond donors (Lipinski definition) is 1. The van der Waals surface area contributed by atoms with Gasteiger partial charge in [0, 0.05) is 5.56 Å². The molecule has 1 aromatic heterocycles. The lowest BCUT2D eigenvalue weighted by Gasteiger charge is -2.54. The van der Waals surface area contributed by atoms with Gasteiger partial charge in [-0.1, -0.05) is 64.5 Å². The van der Waals surface area contributed by atoms with Crippen molar-refractivity contribution in [2.45, 2.75) is 91.3 Å². The molecule has 2 aromatic carbocycles. The summed E-state index contributed by atoms with van der Waals surface area (Å²) in [5, 5.41) is 17.9. The van der Waals surface area contributed by atoms with Gasteiger partial charge in [0.15, 0.2) is 0 Å². The van der Waals surface area contributed by atoms with Crippen molar-refractivity contribution < 1.29 is 9.84 Å². The average Bonchev–Trinajstić information content (AvgIpc) is 3.30. The molecule has 1 N–H and O–H groups in total. The molecule has 5 heteroatoms. The van der Waals surface area contributed by atoms with Crippen LogP contribution in [-0.2, 0) is 25.0 Å². The Morgan fingerprint density at radius 2 is 1.86 bits per heavy atom. The standard InChI is InChI=1S/C30H39N3O2/c1-20(2)28-24-11-14-27-29(3,4)15-6-16-30(27,5)25(24)12-13-26(28)35-19-22-17-33(32-31-22)23-9-7-21(18-34)8-10-23/h7-10,12-13,17,20,27,34H,6,11,14-16,18-19H2,1-5H3/t27-,30+/m0/s1. The van der Waals surface area contributed by atoms with Crippen LogP contribution in [0.5, 0.6) is 5.75 Å². The Labute approximate surface area is 209 Å². The lowest BCUT2D eigenvalue weighted by molar-refractivity contribution is 0.0404. The van der Waals surface area contributed by atoms with Crippen molar-refractivity contribution in [2.75, 3.05) is 0 Å². The van der Waals surface area contributed by atoms with E-state index in [4.69, 9.17) is 4.74 Å². The summed E-state index contributed by atoms with van der Waals surface area (Å²) in [6.07, 6.45) is 8.26. The maximum Gasteiger partial charge on any atom is 0.134 e. The minimum atomic E-state index is 0.0350. The maximum absolute atomic E-state index is 9.26. The SMILES string of the molecule is CC(C)c1c(OCc2cn(-c3ccc(CO)cc3)nn2)ccc2c1CC[C@H]1C(C)(C)CCC[C@]21C. The van der Waals surface area contributed by atoms with Gasteiger partial charge in [0.1, 0.15) is 18.1 Å². The molecule has 5 nitrogen and oxygen atoms in total. The summed E-state index contributed by atoms with van der Waals surface area (Å²) in [5.74, 6) is 2.12. The highest BCUT2D eigenvalue weighted by Gasteiger charge is 2.50. The van der Waals surface area contributed by atoms with Gasteiger partial charge >= 0.3 is 0 Å². The molecule has 1 saturated carbocycles. The van der Waals surface area contributed by atoms with Crippen LogP contribution in [0.4, 0.5) is 0 Å². The van der Waals surface area contributed by atoms with E-state index in [1.54, 1.807) is 10.2 Å². The van der Waals surface area contributed by atoms with Gasteiger partial charge < -0.3 is 9.84 Å². The third kappa shape index (κ3) is 4.29. The lowest BCUT2D eigenvalue weighted by Crippen LogP contribution is -2.48. The molecule has 0 aliphatic heterocycles. The van der Waals surface area contributed by atoms with E-state index in [9.17, 15) is 5.11 Å². The maximum atomic E-state index is 9.26. The third-order valence-corrected chi connectivity index (χ3v) is 8.72. The smallest absolute Gasteiger partial charge is 0.134 e. The summed E-state index contributed by atoms with van der Waals surface area (Å²) in [4.78, 5) is 0. The summed E-state index contributed by atoms with van der Waals surface area (Å²) in [7, 11) is 0. The fourth-order valence-corrected chi connectivity index (χ4v) is 7.05. The van der Waals surface area contributed by atoms with Crippen LogP contribution in [-0.4, -0.2) is 20.1 Å². The van der Waals surface area contributed by atoms with Crippen molar-refractivity contribution >= 4 is 0 Å². The molecule has 3 aromatic rings. The molecule has 2 aliphatic carbocycles.